The SMILES string of the molecule is N#Cc1c(-n2c3ccccc3c3ccccc32)c(-n2c3ccccc3c3ccccc32)c(-c2ccc3c4c(cccc24)CC3)c(-n2c3ccccc3c3ccccc32)c1-n1c2ccccc2c2ccccc21. The van der Waals surface area contributed by atoms with Gasteiger partial charge >= 0.3 is 0 Å². The van der Waals surface area contributed by atoms with Crippen molar-refractivity contribution in [3.63, 3.8) is 0 Å². The number of para-hydroxylation sites is 8. The van der Waals surface area contributed by atoms with Gasteiger partial charge in [-0.05, 0) is 88.8 Å². The number of aryl methyl sites for hydroxylation is 2. The molecule has 0 amide bonds. The maximum atomic E-state index is 12.8. The molecule has 5 nitrogen and oxygen atoms in total. The second kappa shape index (κ2) is 14.7. The average Bonchev–Trinajstić information content (AvgIpc) is 4.26. The van der Waals surface area contributed by atoms with Gasteiger partial charge in [0.1, 0.15) is 11.6 Å². The lowest BCUT2D eigenvalue weighted by Crippen LogP contribution is -2.16. The van der Waals surface area contributed by atoms with Crippen molar-refractivity contribution < 1.29 is 0 Å². The highest BCUT2D eigenvalue weighted by Crippen LogP contribution is 2.53. The molecule has 0 atom stereocenters. The van der Waals surface area contributed by atoms with Crippen LogP contribution in [0.4, 0.5) is 0 Å². The van der Waals surface area contributed by atoms with Gasteiger partial charge in [-0.15, -0.1) is 0 Å². The Hall–Kier alpha value is -9.63. The molecule has 1 aliphatic rings. The Bertz CT molecular complexity index is 4410. The van der Waals surface area contributed by atoms with E-state index < -0.39 is 0 Å². The summed E-state index contributed by atoms with van der Waals surface area (Å²) in [5.74, 6) is 0. The summed E-state index contributed by atoms with van der Waals surface area (Å²) in [5.41, 5.74) is 17.4. The zero-order chi connectivity index (χ0) is 47.2. The van der Waals surface area contributed by atoms with Gasteiger partial charge < -0.3 is 18.3 Å². The van der Waals surface area contributed by atoms with E-state index in [0.29, 0.717) is 5.56 Å². The first kappa shape index (κ1) is 39.2. The summed E-state index contributed by atoms with van der Waals surface area (Å²) in [6.07, 6.45) is 2.00. The Labute approximate surface area is 413 Å². The van der Waals surface area contributed by atoms with Crippen molar-refractivity contribution in [2.45, 2.75) is 12.8 Å². The maximum Gasteiger partial charge on any atom is 0.104 e. The van der Waals surface area contributed by atoms with Gasteiger partial charge in [0, 0.05) is 48.7 Å². The highest BCUT2D eigenvalue weighted by atomic mass is 15.1. The van der Waals surface area contributed by atoms with Gasteiger partial charge in [0.05, 0.1) is 66.9 Å². The lowest BCUT2D eigenvalue weighted by Gasteiger charge is -2.30. The van der Waals surface area contributed by atoms with E-state index in [1.165, 1.54) is 21.9 Å². The third-order valence-electron chi connectivity index (χ3n) is 15.9. The minimum atomic E-state index is 0.566. The van der Waals surface area contributed by atoms with Crippen molar-refractivity contribution in [1.82, 2.24) is 18.3 Å². The Kier molecular flexibility index (Phi) is 8.01. The Morgan fingerprint density at radius 3 is 0.875 bits per heavy atom. The van der Waals surface area contributed by atoms with Crippen LogP contribution in [-0.4, -0.2) is 18.3 Å². The number of nitrogens with zero attached hydrogens (tertiary/aromatic N) is 5. The smallest absolute Gasteiger partial charge is 0.104 e. The predicted octanol–water partition coefficient (Wildman–Crippen LogP) is 16.9. The van der Waals surface area contributed by atoms with Crippen LogP contribution in [-0.2, 0) is 12.8 Å². The predicted molar refractivity (Wildman–Crippen MR) is 299 cm³/mol. The second-order valence-electron chi connectivity index (χ2n) is 19.3. The molecule has 0 bridgehead atoms. The Morgan fingerprint density at radius 2 is 0.556 bits per heavy atom. The van der Waals surface area contributed by atoms with Crippen LogP contribution in [0.5, 0.6) is 0 Å². The fraction of sp³-hybridized carbons (Fsp3) is 0.0299. The minimum Gasteiger partial charge on any atom is -0.306 e. The van der Waals surface area contributed by atoms with Crippen LogP contribution < -0.4 is 0 Å². The summed E-state index contributed by atoms with van der Waals surface area (Å²) >= 11 is 0. The summed E-state index contributed by atoms with van der Waals surface area (Å²) < 4.78 is 9.82. The first-order valence-electron chi connectivity index (χ1n) is 24.9. The molecule has 0 saturated carbocycles. The normalized spacial score (nSPS) is 12.6. The zero-order valence-electron chi connectivity index (χ0n) is 39.0. The third kappa shape index (κ3) is 5.09. The van der Waals surface area contributed by atoms with Gasteiger partial charge in [-0.25, -0.2) is 0 Å². The van der Waals surface area contributed by atoms with Crippen LogP contribution in [0.1, 0.15) is 16.7 Å². The zero-order valence-corrected chi connectivity index (χ0v) is 39.0. The van der Waals surface area contributed by atoms with Crippen LogP contribution in [0.2, 0.25) is 0 Å². The third-order valence-corrected chi connectivity index (χ3v) is 15.9. The summed E-state index contributed by atoms with van der Waals surface area (Å²) in [6.45, 7) is 0. The molecular formula is C67H41N5. The topological polar surface area (TPSA) is 43.5 Å². The number of rotatable bonds is 5. The van der Waals surface area contributed by atoms with Crippen LogP contribution in [0, 0.1) is 11.3 Å². The van der Waals surface area contributed by atoms with Crippen molar-refractivity contribution in [1.29, 1.82) is 5.26 Å². The number of hydrogen-bond donors (Lipinski definition) is 0. The van der Waals surface area contributed by atoms with Gasteiger partial charge in [0.25, 0.3) is 0 Å². The minimum absolute atomic E-state index is 0.566. The first-order valence-corrected chi connectivity index (χ1v) is 24.9. The average molecular weight is 916 g/mol. The highest BCUT2D eigenvalue weighted by molar-refractivity contribution is 6.18. The molecule has 0 unspecified atom stereocenters. The summed E-state index contributed by atoms with van der Waals surface area (Å²) in [7, 11) is 0. The number of hydrogen-bond acceptors (Lipinski definition) is 1. The summed E-state index contributed by atoms with van der Waals surface area (Å²) in [6, 6.07) is 84.9. The fourth-order valence-corrected chi connectivity index (χ4v) is 13.0. The van der Waals surface area contributed by atoms with E-state index >= 15 is 0 Å². The summed E-state index contributed by atoms with van der Waals surface area (Å²) in [5, 5.41) is 24.4. The largest absolute Gasteiger partial charge is 0.306 e. The lowest BCUT2D eigenvalue weighted by atomic mass is 9.89. The first-order chi connectivity index (χ1) is 35.8. The molecule has 11 aromatic carbocycles. The quantitative estimate of drug-likeness (QED) is 0.170. The van der Waals surface area contributed by atoms with Gasteiger partial charge in [-0.1, -0.05) is 176 Å². The van der Waals surface area contributed by atoms with E-state index in [0.717, 1.165) is 134 Å². The van der Waals surface area contributed by atoms with E-state index in [1.807, 2.05) is 0 Å². The molecule has 72 heavy (non-hydrogen) atoms. The number of fused-ring (bicyclic) bond motifs is 12. The fourth-order valence-electron chi connectivity index (χ4n) is 13.0. The van der Waals surface area contributed by atoms with Crippen molar-refractivity contribution in [2.24, 2.45) is 0 Å². The molecule has 15 aromatic rings. The molecule has 0 aliphatic heterocycles. The van der Waals surface area contributed by atoms with Crippen LogP contribution in [0.15, 0.2) is 224 Å². The molecule has 0 radical (unpaired) electrons. The molecule has 0 N–H and O–H groups in total. The van der Waals surface area contributed by atoms with Crippen LogP contribution >= 0.6 is 0 Å². The number of nitriles is 1. The van der Waals surface area contributed by atoms with Crippen molar-refractivity contribution in [3.05, 3.63) is 241 Å². The summed E-state index contributed by atoms with van der Waals surface area (Å²) in [4.78, 5) is 0. The molecule has 16 rings (SSSR count). The van der Waals surface area contributed by atoms with Crippen molar-refractivity contribution in [2.75, 3.05) is 0 Å². The van der Waals surface area contributed by atoms with E-state index in [1.54, 1.807) is 0 Å². The van der Waals surface area contributed by atoms with E-state index in [-0.39, 0.29) is 0 Å². The van der Waals surface area contributed by atoms with Crippen LogP contribution in [0.25, 0.3) is 132 Å². The molecule has 4 heterocycles. The van der Waals surface area contributed by atoms with Gasteiger partial charge in [0.2, 0.25) is 0 Å². The second-order valence-corrected chi connectivity index (χ2v) is 19.3. The van der Waals surface area contributed by atoms with Crippen molar-refractivity contribution >= 4 is 98.0 Å². The Balaban J connectivity index is 1.29. The maximum absolute atomic E-state index is 12.8. The van der Waals surface area contributed by atoms with Gasteiger partial charge in [-0.3, -0.25) is 0 Å². The lowest BCUT2D eigenvalue weighted by molar-refractivity contribution is 1.02. The van der Waals surface area contributed by atoms with Crippen LogP contribution in [0.3, 0.4) is 0 Å². The van der Waals surface area contributed by atoms with E-state index in [4.69, 9.17) is 0 Å². The number of aromatic nitrogens is 4. The molecule has 1 aliphatic carbocycles. The molecule has 334 valence electrons. The molecule has 4 aromatic heterocycles. The van der Waals surface area contributed by atoms with Gasteiger partial charge in [0.15, 0.2) is 0 Å². The molecule has 5 heteroatoms. The van der Waals surface area contributed by atoms with Crippen molar-refractivity contribution in [3.8, 4) is 39.9 Å². The molecular weight excluding hydrogens is 875 g/mol. The standard InChI is InChI=1S/C67H41N5/c68-40-53-64(69-54-28-9-1-19-43(54)44-20-2-10-29-55(44)69)66(71-58-32-13-5-23-47(58)48-24-6-14-33-59(48)71)63(52-39-38-42-37-36-41-18-17-27-51(52)62(41)42)67(72-60-34-15-7-25-49(60)50-26-8-16-35-61(50)72)65(53)70-56-30-11-3-21-45(56)46-22-4-12-31-57(46)70/h1-35,38-39H,36-37H2. The molecule has 0 fully saturated rings. The van der Waals surface area contributed by atoms with Gasteiger partial charge in [-0.2, -0.15) is 5.26 Å². The van der Waals surface area contributed by atoms with E-state index in [2.05, 4.69) is 249 Å². The molecule has 0 saturated heterocycles. The Morgan fingerprint density at radius 1 is 0.278 bits per heavy atom. The monoisotopic (exact) mass is 915 g/mol. The highest BCUT2D eigenvalue weighted by Gasteiger charge is 2.35. The molecule has 0 spiro atoms. The number of benzene rings is 11. The van der Waals surface area contributed by atoms with E-state index in [9.17, 15) is 5.26 Å².